The predicted molar refractivity (Wildman–Crippen MR) is 150 cm³/mol. The van der Waals surface area contributed by atoms with Gasteiger partial charge in [0.05, 0.1) is 28.6 Å². The monoisotopic (exact) mass is 516 g/mol. The summed E-state index contributed by atoms with van der Waals surface area (Å²) in [5, 5.41) is 0.594. The molecule has 0 aromatic heterocycles. The molecule has 1 heterocycles. The lowest BCUT2D eigenvalue weighted by molar-refractivity contribution is -0.122. The maximum atomic E-state index is 14.5. The molecular formula is C33H25ClN2O2. The Morgan fingerprint density at radius 2 is 1.50 bits per heavy atom. The maximum Gasteiger partial charge on any atom is 0.239 e. The van der Waals surface area contributed by atoms with Crippen LogP contribution in [0.3, 0.4) is 0 Å². The number of nitrogens with zero attached hydrogens (tertiary/aromatic N) is 2. The quantitative estimate of drug-likeness (QED) is 0.219. The van der Waals surface area contributed by atoms with Crippen LogP contribution in [-0.4, -0.2) is 18.0 Å². The lowest BCUT2D eigenvalue weighted by Gasteiger charge is -2.52. The van der Waals surface area contributed by atoms with Crippen molar-refractivity contribution in [3.63, 3.8) is 0 Å². The number of carbonyl (C=O) groups is 2. The third-order valence-corrected chi connectivity index (χ3v) is 8.74. The van der Waals surface area contributed by atoms with Crippen LogP contribution in [0.5, 0.6) is 0 Å². The second-order valence-electron chi connectivity index (χ2n) is 10.6. The Morgan fingerprint density at radius 3 is 2.16 bits per heavy atom. The fourth-order valence-electron chi connectivity index (χ4n) is 7.08. The lowest BCUT2D eigenvalue weighted by atomic mass is 9.47. The number of aryl methyl sites for hydroxylation is 2. The molecule has 4 nitrogen and oxygen atoms in total. The van der Waals surface area contributed by atoms with Gasteiger partial charge in [0, 0.05) is 17.2 Å². The number of anilines is 1. The summed E-state index contributed by atoms with van der Waals surface area (Å²) in [7, 11) is 0. The molecule has 5 heteroatoms. The smallest absolute Gasteiger partial charge is 0.239 e. The Bertz CT molecular complexity index is 1640. The molecule has 2 amide bonds. The Balaban J connectivity index is 1.51. The van der Waals surface area contributed by atoms with Crippen LogP contribution in [0.4, 0.5) is 11.4 Å². The standard InChI is InChI=1S/C33H25ClN2O2/c1-19-14-15-27(20(2)16-19)36-31(37)29-28-23-10-3-5-12-25(23)33(30(29)32(36)38,26-13-6-4-11-24(26)28)18-35-22-9-7-8-21(34)17-22/h3-18,28-30H,1-2H3/t28?,29-,30+,33?/m0/s1. The number of hydrogen-bond acceptors (Lipinski definition) is 3. The molecule has 1 fully saturated rings. The Morgan fingerprint density at radius 1 is 0.816 bits per heavy atom. The number of rotatable bonds is 3. The van der Waals surface area contributed by atoms with Crippen molar-refractivity contribution in [3.8, 4) is 0 Å². The Labute approximate surface area is 226 Å². The molecule has 2 bridgehead atoms. The molecule has 1 aliphatic heterocycles. The minimum absolute atomic E-state index is 0.138. The number of imide groups is 1. The first-order valence-corrected chi connectivity index (χ1v) is 13.2. The van der Waals surface area contributed by atoms with Gasteiger partial charge in [0.2, 0.25) is 11.8 Å². The van der Waals surface area contributed by atoms with Gasteiger partial charge in [-0.3, -0.25) is 14.6 Å². The average Bonchev–Trinajstić information content (AvgIpc) is 3.18. The highest BCUT2D eigenvalue weighted by molar-refractivity contribution is 6.30. The SMILES string of the molecule is Cc1ccc(N2C(=O)[C@H]3C4c5ccccc5C(C=Nc5cccc(Cl)c5)(c5ccccc54)[C@H]3C2=O)c(C)c1. The van der Waals surface area contributed by atoms with E-state index in [2.05, 4.69) is 24.3 Å². The van der Waals surface area contributed by atoms with Crippen LogP contribution in [0, 0.1) is 25.7 Å². The van der Waals surface area contributed by atoms with E-state index in [4.69, 9.17) is 16.6 Å². The molecule has 4 aromatic rings. The van der Waals surface area contributed by atoms with Gasteiger partial charge in [-0.15, -0.1) is 0 Å². The van der Waals surface area contributed by atoms with E-state index in [1.165, 1.54) is 4.90 Å². The van der Waals surface area contributed by atoms with E-state index in [1.807, 2.05) is 86.8 Å². The highest BCUT2D eigenvalue weighted by Gasteiger charge is 2.68. The van der Waals surface area contributed by atoms with Crippen LogP contribution in [-0.2, 0) is 15.0 Å². The Hall–Kier alpha value is -4.02. The van der Waals surface area contributed by atoms with Crippen LogP contribution in [0.2, 0.25) is 5.02 Å². The fourth-order valence-corrected chi connectivity index (χ4v) is 7.26. The number of carbonyl (C=O) groups excluding carboxylic acids is 2. The molecule has 4 aromatic carbocycles. The zero-order valence-corrected chi connectivity index (χ0v) is 21.8. The maximum absolute atomic E-state index is 14.5. The van der Waals surface area contributed by atoms with Crippen molar-refractivity contribution < 1.29 is 9.59 Å². The van der Waals surface area contributed by atoms with Crippen molar-refractivity contribution in [1.29, 1.82) is 0 Å². The van der Waals surface area contributed by atoms with Gasteiger partial charge >= 0.3 is 0 Å². The van der Waals surface area contributed by atoms with Gasteiger partial charge < -0.3 is 0 Å². The van der Waals surface area contributed by atoms with Crippen LogP contribution in [0.1, 0.15) is 39.3 Å². The van der Waals surface area contributed by atoms with Crippen molar-refractivity contribution in [2.45, 2.75) is 25.2 Å². The van der Waals surface area contributed by atoms with Gasteiger partial charge in [0.25, 0.3) is 0 Å². The molecule has 38 heavy (non-hydrogen) atoms. The summed E-state index contributed by atoms with van der Waals surface area (Å²) in [6.45, 7) is 3.97. The summed E-state index contributed by atoms with van der Waals surface area (Å²) >= 11 is 6.27. The molecule has 0 spiro atoms. The third kappa shape index (κ3) is 3.01. The molecule has 2 atom stereocenters. The molecule has 0 N–H and O–H groups in total. The summed E-state index contributed by atoms with van der Waals surface area (Å²) in [6.07, 6.45) is 1.90. The molecule has 1 saturated heterocycles. The molecule has 0 radical (unpaired) electrons. The first-order chi connectivity index (χ1) is 18.4. The van der Waals surface area contributed by atoms with Crippen molar-refractivity contribution in [1.82, 2.24) is 0 Å². The first kappa shape index (κ1) is 23.1. The van der Waals surface area contributed by atoms with Gasteiger partial charge in [0.15, 0.2) is 0 Å². The van der Waals surface area contributed by atoms with E-state index >= 15 is 0 Å². The van der Waals surface area contributed by atoms with Crippen molar-refractivity contribution in [2.24, 2.45) is 16.8 Å². The summed E-state index contributed by atoms with van der Waals surface area (Å²) in [5.41, 5.74) is 6.74. The summed E-state index contributed by atoms with van der Waals surface area (Å²) in [5.74, 6) is -1.62. The summed E-state index contributed by atoms with van der Waals surface area (Å²) in [4.78, 5) is 35.1. The topological polar surface area (TPSA) is 49.7 Å². The molecular weight excluding hydrogens is 492 g/mol. The minimum atomic E-state index is -0.894. The molecule has 4 aliphatic rings. The average molecular weight is 517 g/mol. The second-order valence-corrected chi connectivity index (χ2v) is 11.0. The van der Waals surface area contributed by atoms with E-state index in [-0.39, 0.29) is 17.7 Å². The van der Waals surface area contributed by atoms with Gasteiger partial charge in [-0.1, -0.05) is 83.9 Å². The second kappa shape index (κ2) is 8.24. The zero-order valence-electron chi connectivity index (χ0n) is 21.1. The molecule has 186 valence electrons. The fraction of sp³-hybridized carbons (Fsp3) is 0.182. The number of hydrogen-bond donors (Lipinski definition) is 0. The molecule has 3 aliphatic carbocycles. The van der Waals surface area contributed by atoms with E-state index < -0.39 is 17.3 Å². The van der Waals surface area contributed by atoms with Crippen LogP contribution >= 0.6 is 11.6 Å². The highest BCUT2D eigenvalue weighted by atomic mass is 35.5. The largest absolute Gasteiger partial charge is 0.274 e. The lowest BCUT2D eigenvalue weighted by Crippen LogP contribution is -2.54. The summed E-state index contributed by atoms with van der Waals surface area (Å²) in [6, 6.07) is 29.7. The number of aliphatic imine (C=N–C) groups is 1. The zero-order chi connectivity index (χ0) is 26.2. The minimum Gasteiger partial charge on any atom is -0.274 e. The first-order valence-electron chi connectivity index (χ1n) is 12.9. The van der Waals surface area contributed by atoms with Crippen LogP contribution in [0.15, 0.2) is 96.0 Å². The van der Waals surface area contributed by atoms with Gasteiger partial charge in [-0.05, 0) is 65.9 Å². The van der Waals surface area contributed by atoms with Crippen molar-refractivity contribution in [3.05, 3.63) is 129 Å². The van der Waals surface area contributed by atoms with E-state index in [9.17, 15) is 9.59 Å². The number of halogens is 1. The predicted octanol–water partition coefficient (Wildman–Crippen LogP) is 6.91. The molecule has 0 saturated carbocycles. The van der Waals surface area contributed by atoms with E-state index in [0.717, 1.165) is 33.4 Å². The third-order valence-electron chi connectivity index (χ3n) is 8.50. The van der Waals surface area contributed by atoms with Gasteiger partial charge in [-0.25, -0.2) is 4.90 Å². The van der Waals surface area contributed by atoms with Gasteiger partial charge in [-0.2, -0.15) is 0 Å². The van der Waals surface area contributed by atoms with Crippen LogP contribution < -0.4 is 4.90 Å². The van der Waals surface area contributed by atoms with Gasteiger partial charge in [0.1, 0.15) is 0 Å². The Kier molecular flexibility index (Phi) is 5.01. The molecule has 0 unspecified atom stereocenters. The van der Waals surface area contributed by atoms with Crippen LogP contribution in [0.25, 0.3) is 0 Å². The summed E-state index contributed by atoms with van der Waals surface area (Å²) < 4.78 is 0. The molecule has 8 rings (SSSR count). The number of amides is 2. The van der Waals surface area contributed by atoms with E-state index in [0.29, 0.717) is 16.4 Å². The number of benzene rings is 4. The van der Waals surface area contributed by atoms with Crippen molar-refractivity contribution >= 4 is 41.0 Å². The van der Waals surface area contributed by atoms with E-state index in [1.54, 1.807) is 0 Å². The normalized spacial score (nSPS) is 25.0. The highest BCUT2D eigenvalue weighted by Crippen LogP contribution is 2.63. The van der Waals surface area contributed by atoms with Crippen molar-refractivity contribution in [2.75, 3.05) is 4.90 Å².